The van der Waals surface area contributed by atoms with Gasteiger partial charge in [0.05, 0.1) is 12.0 Å². The van der Waals surface area contributed by atoms with Gasteiger partial charge in [0.15, 0.2) is 4.90 Å². The van der Waals surface area contributed by atoms with Crippen LogP contribution in [-0.4, -0.2) is 20.1 Å². The maximum absolute atomic E-state index is 11.2. The van der Waals surface area contributed by atoms with Crippen molar-refractivity contribution in [1.29, 1.82) is 0 Å². The van der Waals surface area contributed by atoms with Crippen molar-refractivity contribution in [3.05, 3.63) is 54.1 Å². The van der Waals surface area contributed by atoms with Gasteiger partial charge in [-0.2, -0.15) is 0 Å². The molecule has 0 aliphatic rings. The Hall–Kier alpha value is -1.50. The Morgan fingerprint density at radius 3 is 1.84 bits per heavy atom. The molecule has 2 aromatic carbocycles. The van der Waals surface area contributed by atoms with E-state index >= 15 is 0 Å². The van der Waals surface area contributed by atoms with E-state index in [4.69, 9.17) is 4.74 Å². The van der Waals surface area contributed by atoms with Crippen molar-refractivity contribution in [2.24, 2.45) is 0 Å². The van der Waals surface area contributed by atoms with Crippen molar-refractivity contribution in [3.8, 4) is 5.75 Å². The first-order valence-electron chi connectivity index (χ1n) is 11.3. The summed E-state index contributed by atoms with van der Waals surface area (Å²) >= 11 is 3.37. The van der Waals surface area contributed by atoms with Crippen LogP contribution in [0.3, 0.4) is 0 Å². The monoisotopic (exact) mass is 466 g/mol. The van der Waals surface area contributed by atoms with E-state index in [-0.39, 0.29) is 4.90 Å². The maximum atomic E-state index is 11.2. The number of ether oxygens (including phenoxy) is 1. The first kappa shape index (κ1) is 27.5. The Balaban J connectivity index is 0.000000442. The minimum atomic E-state index is -4.35. The van der Waals surface area contributed by atoms with Gasteiger partial charge in [0.25, 0.3) is 0 Å². The number of hydrogen-bond donors (Lipinski definition) is 0. The van der Waals surface area contributed by atoms with E-state index in [0.717, 1.165) is 23.5 Å². The van der Waals surface area contributed by atoms with E-state index < -0.39 is 10.1 Å². The van der Waals surface area contributed by atoms with E-state index in [0.29, 0.717) is 12.0 Å². The molecule has 0 aliphatic heterocycles. The molecule has 0 aliphatic carbocycles. The second-order valence-electron chi connectivity index (χ2n) is 7.72. The number of hydrogen-bond acceptors (Lipinski definition) is 4. The zero-order valence-corrected chi connectivity index (χ0v) is 20.8. The number of methoxy groups -OCH3 is 1. The van der Waals surface area contributed by atoms with Crippen LogP contribution in [0.4, 0.5) is 0 Å². The summed E-state index contributed by atoms with van der Waals surface area (Å²) in [5.74, 6) is 0.886. The Morgan fingerprint density at radius 1 is 0.806 bits per heavy atom. The van der Waals surface area contributed by atoms with Crippen molar-refractivity contribution in [1.82, 2.24) is 0 Å². The third-order valence-electron chi connectivity index (χ3n) is 5.13. The van der Waals surface area contributed by atoms with Crippen molar-refractivity contribution in [2.75, 3.05) is 7.11 Å². The fraction of sp³-hybridized carbons (Fsp3) is 0.520. The van der Waals surface area contributed by atoms with Crippen molar-refractivity contribution in [2.45, 2.75) is 87.3 Å². The summed E-state index contributed by atoms with van der Waals surface area (Å²) in [5, 5.41) is 0. The van der Waals surface area contributed by atoms with Crippen molar-refractivity contribution in [3.63, 3.8) is 0 Å². The fourth-order valence-corrected chi connectivity index (χ4v) is 4.25. The van der Waals surface area contributed by atoms with Crippen LogP contribution < -0.4 is 4.74 Å². The van der Waals surface area contributed by atoms with Gasteiger partial charge in [-0.25, -0.2) is 8.42 Å². The third-order valence-corrected chi connectivity index (χ3v) is 6.40. The summed E-state index contributed by atoms with van der Waals surface area (Å²) in [6.07, 6.45) is 13.2. The molecule has 0 amide bonds. The molecule has 174 valence electrons. The average Bonchev–Trinajstić information content (AvgIpc) is 2.76. The van der Waals surface area contributed by atoms with Gasteiger partial charge in [-0.3, -0.25) is 0 Å². The molecule has 0 spiro atoms. The zero-order chi connectivity index (χ0) is 23.0. The molecule has 6 heteroatoms. The fourth-order valence-electron chi connectivity index (χ4n) is 3.35. The lowest BCUT2D eigenvalue weighted by atomic mass is 10.0. The van der Waals surface area contributed by atoms with Gasteiger partial charge in [0.1, 0.15) is 15.9 Å². The summed E-state index contributed by atoms with van der Waals surface area (Å²) in [6.45, 7) is 2.23. The normalized spacial score (nSPS) is 11.0. The molecule has 4 nitrogen and oxygen atoms in total. The summed E-state index contributed by atoms with van der Waals surface area (Å²) in [5.41, 5.74) is 0.664. The second kappa shape index (κ2) is 16.2. The van der Waals surface area contributed by atoms with Gasteiger partial charge >= 0.3 is 0 Å². The number of benzene rings is 2. The van der Waals surface area contributed by atoms with Crippen LogP contribution in [0.15, 0.2) is 58.3 Å². The molecule has 0 atom stereocenters. The van der Waals surface area contributed by atoms with Gasteiger partial charge < -0.3 is 9.29 Å². The minimum Gasteiger partial charge on any atom is -0.744 e. The van der Waals surface area contributed by atoms with Gasteiger partial charge in [-0.15, -0.1) is 0 Å². The number of rotatable bonds is 13. The highest BCUT2D eigenvalue weighted by Gasteiger charge is 2.07. The summed E-state index contributed by atoms with van der Waals surface area (Å²) < 4.78 is 38.5. The summed E-state index contributed by atoms with van der Waals surface area (Å²) in [7, 11) is -2.69. The smallest absolute Gasteiger partial charge is 0.150 e. The van der Waals surface area contributed by atoms with Crippen LogP contribution >= 0.6 is 0 Å². The van der Waals surface area contributed by atoms with Crippen LogP contribution in [0.2, 0.25) is 0 Å². The highest BCUT2D eigenvalue weighted by atomic mass is 32.2. The zero-order valence-electron chi connectivity index (χ0n) is 18.9. The van der Waals surface area contributed by atoms with E-state index in [9.17, 15) is 13.0 Å². The average molecular weight is 467 g/mol. The van der Waals surface area contributed by atoms with Crippen LogP contribution in [0.5, 0.6) is 5.75 Å². The first-order valence-corrected chi connectivity index (χ1v) is 13.2. The molecule has 0 radical (unpaired) electrons. The lowest BCUT2D eigenvalue weighted by Crippen LogP contribution is -2.03. The minimum absolute atomic E-state index is 0.0501. The third kappa shape index (κ3) is 12.8. The number of aryl methyl sites for hydroxylation is 1. The topological polar surface area (TPSA) is 66.4 Å². The Bertz CT molecular complexity index is 818. The van der Waals surface area contributed by atoms with E-state index in [2.05, 4.69) is 19.6 Å². The molecular weight excluding hydrogens is 428 g/mol. The largest absolute Gasteiger partial charge is 0.744 e. The molecule has 0 N–H and O–H groups in total. The van der Waals surface area contributed by atoms with Gasteiger partial charge in [0.2, 0.25) is 0 Å². The Kier molecular flexibility index (Phi) is 14.4. The standard InChI is InChI=1S/C18H30O3S.C7H8OS/c1-2-3-4-5-6-7-8-9-10-11-14-17-15-12-13-16-18(17)22(19,20)21;1-8-6-2-4-7(9)5-3-6/h12-13,15-16H,2-11,14H2,1H3,(H,19,20,21);2-5,9H,1H3. The van der Waals surface area contributed by atoms with Crippen LogP contribution in [0.25, 0.3) is 0 Å². The Labute approximate surface area is 194 Å². The molecule has 0 saturated carbocycles. The highest BCUT2D eigenvalue weighted by Crippen LogP contribution is 2.18. The summed E-state index contributed by atoms with van der Waals surface area (Å²) in [4.78, 5) is 1.02. The molecule has 0 heterocycles. The molecule has 0 bridgehead atoms. The molecular formula is C25H38O4S2. The Morgan fingerprint density at radius 2 is 1.32 bits per heavy atom. The van der Waals surface area contributed by atoms with Gasteiger partial charge in [0, 0.05) is 0 Å². The predicted molar refractivity (Wildman–Crippen MR) is 131 cm³/mol. The lowest BCUT2D eigenvalue weighted by Gasteiger charge is -2.12. The lowest BCUT2D eigenvalue weighted by molar-refractivity contribution is 0.414. The molecule has 2 rings (SSSR count). The second-order valence-corrected chi connectivity index (χ2v) is 9.65. The van der Waals surface area contributed by atoms with Crippen molar-refractivity contribution < 1.29 is 17.7 Å². The van der Waals surface area contributed by atoms with E-state index in [1.807, 2.05) is 24.3 Å². The molecule has 2 aromatic rings. The van der Waals surface area contributed by atoms with Crippen LogP contribution in [0.1, 0.15) is 76.7 Å². The first-order chi connectivity index (χ1) is 14.9. The molecule has 0 saturated heterocycles. The quantitative estimate of drug-likeness (QED) is 0.203. The van der Waals surface area contributed by atoms with E-state index in [1.165, 1.54) is 57.4 Å². The predicted octanol–water partition coefficient (Wildman–Crippen LogP) is 6.12. The SMILES string of the molecule is CCCCCCCCCCCCc1ccccc1S(=O)(=O)[O-].COc1ccc([SH2+])cc1. The number of unbranched alkanes of at least 4 members (excludes halogenated alkanes) is 9. The van der Waals surface area contributed by atoms with E-state index in [1.54, 1.807) is 25.3 Å². The van der Waals surface area contributed by atoms with Crippen molar-refractivity contribution >= 4 is 22.7 Å². The molecule has 0 aromatic heterocycles. The van der Waals surface area contributed by atoms with Crippen LogP contribution in [-0.2, 0) is 29.2 Å². The molecule has 0 unspecified atom stereocenters. The van der Waals surface area contributed by atoms with Gasteiger partial charge in [-0.1, -0.05) is 82.9 Å². The molecule has 31 heavy (non-hydrogen) atoms. The van der Waals surface area contributed by atoms with Crippen LogP contribution in [0, 0.1) is 0 Å². The highest BCUT2D eigenvalue weighted by molar-refractivity contribution is 7.85. The summed E-state index contributed by atoms with van der Waals surface area (Å²) in [6, 6.07) is 14.2. The molecule has 0 fully saturated rings. The van der Waals surface area contributed by atoms with Gasteiger partial charge in [-0.05, 0) is 61.4 Å². The maximum Gasteiger partial charge on any atom is 0.150 e.